The van der Waals surface area contributed by atoms with Gasteiger partial charge < -0.3 is 5.84 Å². The Morgan fingerprint density at radius 1 is 1.28 bits per heavy atom. The van der Waals surface area contributed by atoms with Crippen molar-refractivity contribution in [3.05, 3.63) is 51.4 Å². The van der Waals surface area contributed by atoms with Gasteiger partial charge in [-0.15, -0.1) is 21.5 Å². The van der Waals surface area contributed by atoms with Crippen LogP contribution in [-0.4, -0.2) is 20.7 Å². The van der Waals surface area contributed by atoms with Crippen LogP contribution in [0.15, 0.2) is 28.7 Å². The molecule has 0 spiro atoms. The van der Waals surface area contributed by atoms with Crippen LogP contribution in [0.3, 0.4) is 0 Å². The molecule has 0 unspecified atom stereocenters. The van der Waals surface area contributed by atoms with Gasteiger partial charge in [0, 0.05) is 11.3 Å². The molecule has 0 amide bonds. The van der Waals surface area contributed by atoms with E-state index in [0.29, 0.717) is 16.7 Å². The molecule has 1 aromatic carbocycles. The highest BCUT2D eigenvalue weighted by molar-refractivity contribution is 7.98. The van der Waals surface area contributed by atoms with E-state index in [1.54, 1.807) is 18.3 Å². The molecule has 3 rings (SSSR count). The topological polar surface area (TPSA) is 73.8 Å². The van der Waals surface area contributed by atoms with Crippen molar-refractivity contribution in [2.45, 2.75) is 38.6 Å². The second kappa shape index (κ2) is 7.01. The van der Waals surface area contributed by atoms with E-state index in [1.807, 2.05) is 31.4 Å². The molecule has 0 fully saturated rings. The third-order valence-electron chi connectivity index (χ3n) is 4.23. The summed E-state index contributed by atoms with van der Waals surface area (Å²) < 4.78 is 1.53. The van der Waals surface area contributed by atoms with Gasteiger partial charge in [-0.05, 0) is 61.4 Å². The Balaban J connectivity index is 1.88. The average molecular weight is 373 g/mol. The lowest BCUT2D eigenvalue weighted by Crippen LogP contribution is -2.11. The number of benzene rings is 1. The number of carbonyl (C=O) groups is 1. The van der Waals surface area contributed by atoms with E-state index in [0.717, 1.165) is 27.1 Å². The lowest BCUT2D eigenvalue weighted by molar-refractivity contribution is 0.101. The molecule has 2 aromatic heterocycles. The second-order valence-corrected chi connectivity index (χ2v) is 7.88. The number of ketones is 1. The third-order valence-corrected chi connectivity index (χ3v) is 6.07. The minimum absolute atomic E-state index is 0.100. The van der Waals surface area contributed by atoms with E-state index < -0.39 is 0 Å². The molecular weight excluding hydrogens is 352 g/mol. The lowest BCUT2D eigenvalue weighted by atomic mass is 9.92. The monoisotopic (exact) mass is 372 g/mol. The van der Waals surface area contributed by atoms with Crippen molar-refractivity contribution in [1.82, 2.24) is 14.9 Å². The molecule has 3 aromatic rings. The minimum Gasteiger partial charge on any atom is -0.335 e. The van der Waals surface area contributed by atoms with E-state index in [1.165, 1.54) is 22.0 Å². The number of Topliss-reactive ketones (excluding diaryl/α,β-unsaturated/α-hetero) is 1. The molecule has 0 bridgehead atoms. The Morgan fingerprint density at radius 2 is 2.04 bits per heavy atom. The first kappa shape index (κ1) is 17.7. The molecule has 2 N–H and O–H groups in total. The first-order valence-electron chi connectivity index (χ1n) is 7.88. The van der Waals surface area contributed by atoms with Crippen LogP contribution in [0.5, 0.6) is 0 Å². The molecule has 130 valence electrons. The van der Waals surface area contributed by atoms with Gasteiger partial charge >= 0.3 is 0 Å². The standard InChI is InChI=1S/C18H20N4OS2/c1-10-8-11(2)16(13(4)23)12(3)14(10)9-25-18-21-20-17(22(18)19)15-6-5-7-24-15/h5-8H,9,19H2,1-4H3. The zero-order valence-electron chi connectivity index (χ0n) is 14.7. The SMILES string of the molecule is CC(=O)c1c(C)cc(C)c(CSc2nnc(-c3cccs3)n2N)c1C. The van der Waals surface area contributed by atoms with Crippen molar-refractivity contribution < 1.29 is 4.79 Å². The summed E-state index contributed by atoms with van der Waals surface area (Å²) in [5, 5.41) is 11.1. The van der Waals surface area contributed by atoms with E-state index in [4.69, 9.17) is 5.84 Å². The number of aryl methyl sites for hydroxylation is 2. The Labute approximate surface area is 155 Å². The van der Waals surface area contributed by atoms with Crippen LogP contribution in [0.25, 0.3) is 10.7 Å². The summed E-state index contributed by atoms with van der Waals surface area (Å²) in [4.78, 5) is 13.0. The molecule has 0 aliphatic rings. The maximum atomic E-state index is 12.0. The van der Waals surface area contributed by atoms with Gasteiger partial charge in [-0.3, -0.25) is 4.79 Å². The van der Waals surface area contributed by atoms with Crippen LogP contribution in [0, 0.1) is 20.8 Å². The van der Waals surface area contributed by atoms with E-state index in [9.17, 15) is 4.79 Å². The summed E-state index contributed by atoms with van der Waals surface area (Å²) >= 11 is 3.11. The molecule has 0 atom stereocenters. The van der Waals surface area contributed by atoms with Gasteiger partial charge in [0.1, 0.15) is 0 Å². The number of thiophene rings is 1. The number of nitrogens with zero attached hydrogens (tertiary/aromatic N) is 3. The van der Waals surface area contributed by atoms with E-state index in [-0.39, 0.29) is 5.78 Å². The molecule has 0 radical (unpaired) electrons. The van der Waals surface area contributed by atoms with Crippen molar-refractivity contribution in [2.75, 3.05) is 5.84 Å². The number of rotatable bonds is 5. The van der Waals surface area contributed by atoms with Crippen molar-refractivity contribution in [3.8, 4) is 10.7 Å². The molecule has 0 saturated carbocycles. The number of aromatic nitrogens is 3. The van der Waals surface area contributed by atoms with Gasteiger partial charge in [-0.25, -0.2) is 4.68 Å². The number of carbonyl (C=O) groups excluding carboxylic acids is 1. The largest absolute Gasteiger partial charge is 0.335 e. The first-order valence-corrected chi connectivity index (χ1v) is 9.74. The van der Waals surface area contributed by atoms with Crippen molar-refractivity contribution >= 4 is 28.9 Å². The summed E-state index contributed by atoms with van der Waals surface area (Å²) in [7, 11) is 0. The van der Waals surface area contributed by atoms with E-state index in [2.05, 4.69) is 23.2 Å². The molecule has 7 heteroatoms. The van der Waals surface area contributed by atoms with Crippen molar-refractivity contribution in [3.63, 3.8) is 0 Å². The van der Waals surface area contributed by atoms with Crippen LogP contribution < -0.4 is 5.84 Å². The zero-order chi connectivity index (χ0) is 18.1. The van der Waals surface area contributed by atoms with Gasteiger partial charge in [0.25, 0.3) is 0 Å². The molecule has 0 aliphatic heterocycles. The highest BCUT2D eigenvalue weighted by Gasteiger charge is 2.17. The fourth-order valence-corrected chi connectivity index (χ4v) is 4.82. The van der Waals surface area contributed by atoms with E-state index >= 15 is 0 Å². The van der Waals surface area contributed by atoms with Gasteiger partial charge in [0.15, 0.2) is 11.6 Å². The predicted octanol–water partition coefficient (Wildman–Crippen LogP) is 4.14. The molecule has 25 heavy (non-hydrogen) atoms. The number of hydrogen-bond donors (Lipinski definition) is 1. The Morgan fingerprint density at radius 3 is 2.68 bits per heavy atom. The van der Waals surface area contributed by atoms with Crippen LogP contribution in [0.1, 0.15) is 39.5 Å². The number of nitrogens with two attached hydrogens (primary N) is 1. The summed E-state index contributed by atoms with van der Waals surface area (Å²) in [6, 6.07) is 6.01. The molecule has 0 aliphatic carbocycles. The average Bonchev–Trinajstić information content (AvgIpc) is 3.16. The third kappa shape index (κ3) is 3.34. The Kier molecular flexibility index (Phi) is 4.96. The van der Waals surface area contributed by atoms with Crippen LogP contribution >= 0.6 is 23.1 Å². The fraction of sp³-hybridized carbons (Fsp3) is 0.278. The predicted molar refractivity (Wildman–Crippen MR) is 104 cm³/mol. The first-order chi connectivity index (χ1) is 11.9. The summed E-state index contributed by atoms with van der Waals surface area (Å²) in [5.74, 6) is 7.62. The second-order valence-electron chi connectivity index (χ2n) is 5.99. The highest BCUT2D eigenvalue weighted by atomic mass is 32.2. The summed E-state index contributed by atoms with van der Waals surface area (Å²) in [6.45, 7) is 7.68. The quantitative estimate of drug-likeness (QED) is 0.414. The van der Waals surface area contributed by atoms with Gasteiger partial charge in [-0.1, -0.05) is 23.9 Å². The smallest absolute Gasteiger partial charge is 0.210 e. The fourth-order valence-electron chi connectivity index (χ4n) is 3.08. The summed E-state index contributed by atoms with van der Waals surface area (Å²) in [6.07, 6.45) is 0. The molecule has 5 nitrogen and oxygen atoms in total. The van der Waals surface area contributed by atoms with Crippen LogP contribution in [0.2, 0.25) is 0 Å². The van der Waals surface area contributed by atoms with Crippen molar-refractivity contribution in [1.29, 1.82) is 0 Å². The minimum atomic E-state index is 0.100. The van der Waals surface area contributed by atoms with Crippen molar-refractivity contribution in [2.24, 2.45) is 0 Å². The van der Waals surface area contributed by atoms with Crippen LogP contribution in [0.4, 0.5) is 0 Å². The normalized spacial score (nSPS) is 11.0. The van der Waals surface area contributed by atoms with Crippen LogP contribution in [-0.2, 0) is 5.75 Å². The molecule has 2 heterocycles. The Bertz CT molecular complexity index is 929. The maximum absolute atomic E-state index is 12.0. The number of thioether (sulfide) groups is 1. The maximum Gasteiger partial charge on any atom is 0.210 e. The van der Waals surface area contributed by atoms with Gasteiger partial charge in [0.05, 0.1) is 4.88 Å². The van der Waals surface area contributed by atoms with Gasteiger partial charge in [-0.2, -0.15) is 0 Å². The molecule has 0 saturated heterocycles. The van der Waals surface area contributed by atoms with Gasteiger partial charge in [0.2, 0.25) is 5.16 Å². The highest BCUT2D eigenvalue weighted by Crippen LogP contribution is 2.30. The lowest BCUT2D eigenvalue weighted by Gasteiger charge is -2.15. The number of nitrogen functional groups attached to an aromatic ring is 1. The number of hydrogen-bond acceptors (Lipinski definition) is 6. The molecular formula is C18H20N4OS2. The zero-order valence-corrected chi connectivity index (χ0v) is 16.3. The Hall–Kier alpha value is -2.12. The summed E-state index contributed by atoms with van der Waals surface area (Å²) in [5.41, 5.74) is 5.21.